The molecule has 0 bridgehead atoms. The summed E-state index contributed by atoms with van der Waals surface area (Å²) in [7, 11) is 0. The second kappa shape index (κ2) is 2.13. The maximum Gasteiger partial charge on any atom is 0.311 e. The van der Waals surface area contributed by atoms with E-state index in [2.05, 4.69) is 4.74 Å². The molecule has 46 valence electrons. The minimum atomic E-state index is -0.257. The molecule has 0 aromatic carbocycles. The van der Waals surface area contributed by atoms with Crippen LogP contribution in [0.2, 0.25) is 0 Å². The van der Waals surface area contributed by atoms with E-state index in [0.717, 1.165) is 0 Å². The lowest BCUT2D eigenvalue weighted by Crippen LogP contribution is -2.11. The van der Waals surface area contributed by atoms with Crippen LogP contribution in [0.25, 0.3) is 0 Å². The van der Waals surface area contributed by atoms with E-state index in [-0.39, 0.29) is 18.5 Å². The van der Waals surface area contributed by atoms with Gasteiger partial charge in [0.2, 0.25) is 0 Å². The van der Waals surface area contributed by atoms with E-state index in [1.807, 2.05) is 0 Å². The van der Waals surface area contributed by atoms with Crippen LogP contribution in [0.5, 0.6) is 0 Å². The number of rotatable bonds is 1. The van der Waals surface area contributed by atoms with E-state index < -0.39 is 0 Å². The van der Waals surface area contributed by atoms with Crippen LogP contribution in [0.3, 0.4) is 0 Å². The van der Waals surface area contributed by atoms with Gasteiger partial charge in [-0.05, 0) is 6.42 Å². The normalized spacial score (nSPS) is 28.1. The number of ether oxygens (including phenoxy) is 1. The first-order valence-corrected chi connectivity index (χ1v) is 2.62. The molecule has 1 N–H and O–H groups in total. The molecule has 0 aromatic heterocycles. The summed E-state index contributed by atoms with van der Waals surface area (Å²) in [5.41, 5.74) is 0. The minimum Gasteiger partial charge on any atom is -0.465 e. The van der Waals surface area contributed by atoms with Crippen LogP contribution < -0.4 is 0 Å². The first kappa shape index (κ1) is 5.56. The van der Waals surface area contributed by atoms with E-state index in [1.54, 1.807) is 0 Å². The van der Waals surface area contributed by atoms with Gasteiger partial charge in [-0.2, -0.15) is 0 Å². The van der Waals surface area contributed by atoms with Crippen molar-refractivity contribution < 1.29 is 14.6 Å². The lowest BCUT2D eigenvalue weighted by atomic mass is 10.1. The SMILES string of the molecule is O=C1OCC[C@@H]1CO. The molecule has 3 nitrogen and oxygen atoms in total. The largest absolute Gasteiger partial charge is 0.465 e. The van der Waals surface area contributed by atoms with Crippen molar-refractivity contribution in [3.05, 3.63) is 0 Å². The third-order valence-corrected chi connectivity index (χ3v) is 1.26. The summed E-state index contributed by atoms with van der Waals surface area (Å²) in [6.07, 6.45) is 0.676. The highest BCUT2D eigenvalue weighted by Gasteiger charge is 2.24. The Kier molecular flexibility index (Phi) is 1.48. The molecule has 1 fully saturated rings. The van der Waals surface area contributed by atoms with Crippen molar-refractivity contribution in [3.63, 3.8) is 0 Å². The molecular weight excluding hydrogens is 108 g/mol. The van der Waals surface area contributed by atoms with Gasteiger partial charge < -0.3 is 9.84 Å². The molecule has 1 aliphatic heterocycles. The van der Waals surface area contributed by atoms with Crippen molar-refractivity contribution in [2.45, 2.75) is 6.42 Å². The Balaban J connectivity index is 2.42. The highest BCUT2D eigenvalue weighted by atomic mass is 16.5. The highest BCUT2D eigenvalue weighted by molar-refractivity contribution is 5.74. The van der Waals surface area contributed by atoms with Gasteiger partial charge in [0.1, 0.15) is 0 Å². The Bertz CT molecular complexity index is 99.8. The van der Waals surface area contributed by atoms with Crippen molar-refractivity contribution in [1.29, 1.82) is 0 Å². The fraction of sp³-hybridized carbons (Fsp3) is 0.800. The number of aliphatic hydroxyl groups excluding tert-OH is 1. The summed E-state index contributed by atoms with van der Waals surface area (Å²) in [5.74, 6) is -0.498. The summed E-state index contributed by atoms with van der Waals surface area (Å²) in [4.78, 5) is 10.4. The van der Waals surface area contributed by atoms with E-state index in [1.165, 1.54) is 0 Å². The molecule has 1 atom stereocenters. The molecule has 0 saturated carbocycles. The van der Waals surface area contributed by atoms with Crippen molar-refractivity contribution in [2.75, 3.05) is 13.2 Å². The average Bonchev–Trinajstić information content (AvgIpc) is 2.14. The molecule has 0 aromatic rings. The molecule has 1 aliphatic rings. The molecule has 1 heterocycles. The van der Waals surface area contributed by atoms with E-state index >= 15 is 0 Å². The Morgan fingerprint density at radius 1 is 1.88 bits per heavy atom. The smallest absolute Gasteiger partial charge is 0.311 e. The van der Waals surface area contributed by atoms with E-state index in [9.17, 15) is 4.79 Å². The summed E-state index contributed by atoms with van der Waals surface area (Å²) in [6, 6.07) is 0. The zero-order valence-corrected chi connectivity index (χ0v) is 4.46. The number of esters is 1. The van der Waals surface area contributed by atoms with Crippen LogP contribution in [-0.4, -0.2) is 24.3 Å². The second-order valence-electron chi connectivity index (χ2n) is 1.84. The lowest BCUT2D eigenvalue weighted by Gasteiger charge is -1.94. The monoisotopic (exact) mass is 116 g/mol. The van der Waals surface area contributed by atoms with Gasteiger partial charge in [-0.15, -0.1) is 0 Å². The summed E-state index contributed by atoms with van der Waals surface area (Å²) in [6.45, 7) is 0.406. The number of cyclic esters (lactones) is 1. The Morgan fingerprint density at radius 3 is 2.88 bits per heavy atom. The molecule has 0 radical (unpaired) electrons. The Hall–Kier alpha value is -0.570. The predicted molar refractivity (Wildman–Crippen MR) is 26.2 cm³/mol. The van der Waals surface area contributed by atoms with E-state index in [0.29, 0.717) is 13.0 Å². The fourth-order valence-corrected chi connectivity index (χ4v) is 0.703. The van der Waals surface area contributed by atoms with Gasteiger partial charge in [-0.3, -0.25) is 4.79 Å². The number of hydrogen-bond acceptors (Lipinski definition) is 3. The molecule has 8 heavy (non-hydrogen) atoms. The summed E-state index contributed by atoms with van der Waals surface area (Å²) >= 11 is 0. The molecule has 0 amide bonds. The first-order valence-electron chi connectivity index (χ1n) is 2.62. The lowest BCUT2D eigenvalue weighted by molar-refractivity contribution is -0.142. The maximum atomic E-state index is 10.4. The van der Waals surface area contributed by atoms with Gasteiger partial charge in [0.25, 0.3) is 0 Å². The van der Waals surface area contributed by atoms with Crippen molar-refractivity contribution in [1.82, 2.24) is 0 Å². The van der Waals surface area contributed by atoms with Crippen LogP contribution in [0.1, 0.15) is 6.42 Å². The first-order chi connectivity index (χ1) is 3.84. The summed E-state index contributed by atoms with van der Waals surface area (Å²) < 4.78 is 4.56. The standard InChI is InChI=1S/C5H8O3/c6-3-4-1-2-8-5(4)7/h4,6H,1-3H2/t4-/m1/s1. The number of hydrogen-bond donors (Lipinski definition) is 1. The zero-order chi connectivity index (χ0) is 5.98. The van der Waals surface area contributed by atoms with Gasteiger partial charge in [0.05, 0.1) is 19.1 Å². The topological polar surface area (TPSA) is 46.5 Å². The molecule has 0 spiro atoms. The average molecular weight is 116 g/mol. The van der Waals surface area contributed by atoms with Crippen LogP contribution in [-0.2, 0) is 9.53 Å². The molecule has 3 heteroatoms. The maximum absolute atomic E-state index is 10.4. The molecule has 1 rings (SSSR count). The van der Waals surface area contributed by atoms with Crippen LogP contribution in [0.15, 0.2) is 0 Å². The van der Waals surface area contributed by atoms with Crippen LogP contribution in [0.4, 0.5) is 0 Å². The molecule has 0 unspecified atom stereocenters. The third-order valence-electron chi connectivity index (χ3n) is 1.26. The summed E-state index contributed by atoms with van der Waals surface area (Å²) in [5, 5.41) is 8.44. The quantitative estimate of drug-likeness (QED) is 0.471. The van der Waals surface area contributed by atoms with Crippen LogP contribution >= 0.6 is 0 Å². The minimum absolute atomic E-state index is 0.0706. The van der Waals surface area contributed by atoms with Crippen molar-refractivity contribution in [2.24, 2.45) is 5.92 Å². The van der Waals surface area contributed by atoms with E-state index in [4.69, 9.17) is 5.11 Å². The predicted octanol–water partition coefficient (Wildman–Crippen LogP) is -0.458. The Morgan fingerprint density at radius 2 is 2.62 bits per heavy atom. The fourth-order valence-electron chi connectivity index (χ4n) is 0.703. The van der Waals surface area contributed by atoms with Gasteiger partial charge in [0, 0.05) is 0 Å². The van der Waals surface area contributed by atoms with Gasteiger partial charge in [-0.25, -0.2) is 0 Å². The zero-order valence-electron chi connectivity index (χ0n) is 4.46. The number of carbonyl (C=O) groups excluding carboxylic acids is 1. The molecule has 0 aliphatic carbocycles. The molecule has 1 saturated heterocycles. The molecular formula is C5H8O3. The number of carbonyl (C=O) groups is 1. The van der Waals surface area contributed by atoms with Crippen molar-refractivity contribution >= 4 is 5.97 Å². The second-order valence-corrected chi connectivity index (χ2v) is 1.84. The number of aliphatic hydroxyl groups is 1. The van der Waals surface area contributed by atoms with Gasteiger partial charge in [0.15, 0.2) is 0 Å². The third kappa shape index (κ3) is 0.816. The van der Waals surface area contributed by atoms with Crippen molar-refractivity contribution in [3.8, 4) is 0 Å². The van der Waals surface area contributed by atoms with Crippen LogP contribution in [0, 0.1) is 5.92 Å². The Labute approximate surface area is 47.3 Å². The van der Waals surface area contributed by atoms with Gasteiger partial charge in [-0.1, -0.05) is 0 Å². The highest BCUT2D eigenvalue weighted by Crippen LogP contribution is 2.12. The van der Waals surface area contributed by atoms with Gasteiger partial charge >= 0.3 is 5.97 Å².